The Morgan fingerprint density at radius 3 is 2.80 bits per heavy atom. The monoisotopic (exact) mass is 301 g/mol. The summed E-state index contributed by atoms with van der Waals surface area (Å²) in [5.41, 5.74) is 3.60. The summed E-state index contributed by atoms with van der Waals surface area (Å²) in [7, 11) is 1.69. The van der Waals surface area contributed by atoms with Crippen molar-refractivity contribution >= 4 is 49.6 Å². The molecule has 2 nitrogen and oxygen atoms in total. The van der Waals surface area contributed by atoms with E-state index in [-0.39, 0.29) is 0 Å². The molecule has 20 heavy (non-hydrogen) atoms. The average molecular weight is 302 g/mol. The van der Waals surface area contributed by atoms with Gasteiger partial charge < -0.3 is 4.74 Å². The maximum atomic E-state index is 6.23. The molecule has 0 saturated heterocycles. The number of alkyl halides is 1. The van der Waals surface area contributed by atoms with Gasteiger partial charge in [-0.05, 0) is 24.3 Å². The summed E-state index contributed by atoms with van der Waals surface area (Å²) in [6.45, 7) is 0. The van der Waals surface area contributed by atoms with Crippen LogP contribution in [0.1, 0.15) is 5.56 Å². The lowest BCUT2D eigenvalue weighted by Crippen LogP contribution is -1.82. The number of rotatable bonds is 2. The van der Waals surface area contributed by atoms with Crippen LogP contribution in [0, 0.1) is 0 Å². The topological polar surface area (TPSA) is 13.6 Å². The Morgan fingerprint density at radius 1 is 1.15 bits per heavy atom. The van der Waals surface area contributed by atoms with Crippen molar-refractivity contribution in [3.05, 3.63) is 48.0 Å². The van der Waals surface area contributed by atoms with Gasteiger partial charge in [0.25, 0.3) is 0 Å². The van der Waals surface area contributed by atoms with Crippen molar-refractivity contribution < 1.29 is 4.74 Å². The number of hydrogen-bond donors (Lipinski definition) is 0. The second-order valence-electron chi connectivity index (χ2n) is 4.73. The van der Waals surface area contributed by atoms with E-state index in [4.69, 9.17) is 16.3 Å². The van der Waals surface area contributed by atoms with Crippen LogP contribution in [0.4, 0.5) is 0 Å². The second-order valence-corrected chi connectivity index (χ2v) is 5.98. The van der Waals surface area contributed by atoms with E-state index in [2.05, 4.69) is 40.2 Å². The van der Waals surface area contributed by atoms with Crippen molar-refractivity contribution in [2.24, 2.45) is 0 Å². The molecule has 100 valence electrons. The van der Waals surface area contributed by atoms with E-state index in [0.29, 0.717) is 5.88 Å². The quantitative estimate of drug-likeness (QED) is 0.472. The minimum atomic E-state index is 0.501. The zero-order valence-corrected chi connectivity index (χ0v) is 12.5. The van der Waals surface area contributed by atoms with Crippen LogP contribution in [0.5, 0.6) is 5.75 Å². The van der Waals surface area contributed by atoms with Crippen LogP contribution in [0.2, 0.25) is 0 Å². The normalized spacial score (nSPS) is 11.7. The summed E-state index contributed by atoms with van der Waals surface area (Å²) in [5.74, 6) is 1.37. The summed E-state index contributed by atoms with van der Waals surface area (Å²) < 4.78 is 8.89. The van der Waals surface area contributed by atoms with Crippen LogP contribution in [-0.2, 0) is 5.88 Å². The van der Waals surface area contributed by atoms with Crippen LogP contribution >= 0.6 is 23.1 Å². The molecule has 0 unspecified atom stereocenters. The highest BCUT2D eigenvalue weighted by Gasteiger charge is 2.16. The van der Waals surface area contributed by atoms with Crippen molar-refractivity contribution in [1.29, 1.82) is 0 Å². The molecule has 0 spiro atoms. The molecule has 2 aromatic heterocycles. The van der Waals surface area contributed by atoms with Gasteiger partial charge in [-0.3, -0.25) is 3.79 Å². The van der Waals surface area contributed by atoms with Gasteiger partial charge in [0.2, 0.25) is 0 Å². The second kappa shape index (κ2) is 4.40. The molecule has 2 heterocycles. The molecule has 0 saturated carbocycles. The fourth-order valence-electron chi connectivity index (χ4n) is 2.77. The Kier molecular flexibility index (Phi) is 2.65. The third-order valence-corrected chi connectivity index (χ3v) is 5.08. The Morgan fingerprint density at radius 2 is 2.00 bits per heavy atom. The first kappa shape index (κ1) is 12.1. The first-order valence-corrected chi connectivity index (χ1v) is 7.69. The van der Waals surface area contributed by atoms with E-state index in [1.807, 2.05) is 6.07 Å². The molecule has 4 rings (SSSR count). The molecule has 4 aromatic rings. The first-order chi connectivity index (χ1) is 9.83. The van der Waals surface area contributed by atoms with Crippen LogP contribution in [0.25, 0.3) is 26.5 Å². The smallest absolute Gasteiger partial charge is 0.119 e. The molecule has 0 radical (unpaired) electrons. The number of halogens is 1. The minimum absolute atomic E-state index is 0.501. The lowest BCUT2D eigenvalue weighted by atomic mass is 10.1. The highest BCUT2D eigenvalue weighted by atomic mass is 35.5. The fourth-order valence-corrected chi connectivity index (χ4v) is 4.20. The molecule has 0 aliphatic carbocycles. The van der Waals surface area contributed by atoms with Gasteiger partial charge >= 0.3 is 0 Å². The van der Waals surface area contributed by atoms with Crippen LogP contribution in [-0.4, -0.2) is 10.9 Å². The highest BCUT2D eigenvalue weighted by molar-refractivity contribution is 7.14. The van der Waals surface area contributed by atoms with Crippen molar-refractivity contribution in [3.63, 3.8) is 0 Å². The molecule has 0 atom stereocenters. The number of ether oxygens (including phenoxy) is 1. The SMILES string of the molecule is COc1ccc2c(c1)c(CCl)c1c3ccccc3sn21. The van der Waals surface area contributed by atoms with E-state index >= 15 is 0 Å². The lowest BCUT2D eigenvalue weighted by molar-refractivity contribution is 0.415. The van der Waals surface area contributed by atoms with Crippen molar-refractivity contribution in [1.82, 2.24) is 3.79 Å². The summed E-state index contributed by atoms with van der Waals surface area (Å²) in [6, 6.07) is 14.6. The predicted octanol–water partition coefficient (Wildman–Crippen LogP) is 5.05. The molecule has 0 aliphatic rings. The van der Waals surface area contributed by atoms with E-state index in [0.717, 1.165) is 5.75 Å². The van der Waals surface area contributed by atoms with Gasteiger partial charge in [0.05, 0.1) is 28.7 Å². The molecule has 0 N–H and O–H groups in total. The van der Waals surface area contributed by atoms with Crippen molar-refractivity contribution in [3.8, 4) is 5.75 Å². The lowest BCUT2D eigenvalue weighted by Gasteiger charge is -2.00. The molecule has 0 aliphatic heterocycles. The van der Waals surface area contributed by atoms with Gasteiger partial charge in [0.1, 0.15) is 5.75 Å². The summed E-state index contributed by atoms with van der Waals surface area (Å²) >= 11 is 7.99. The highest BCUT2D eigenvalue weighted by Crippen LogP contribution is 2.38. The van der Waals surface area contributed by atoms with Gasteiger partial charge in [-0.2, -0.15) is 0 Å². The van der Waals surface area contributed by atoms with Gasteiger partial charge in [0, 0.05) is 16.3 Å². The molecule has 0 bridgehead atoms. The van der Waals surface area contributed by atoms with Gasteiger partial charge in [-0.15, -0.1) is 11.6 Å². The zero-order valence-electron chi connectivity index (χ0n) is 10.9. The number of benzene rings is 2. The van der Waals surface area contributed by atoms with Crippen molar-refractivity contribution in [2.75, 3.05) is 7.11 Å². The minimum Gasteiger partial charge on any atom is -0.497 e. The molecule has 0 fully saturated rings. The van der Waals surface area contributed by atoms with Gasteiger partial charge in [0.15, 0.2) is 0 Å². The number of nitrogens with zero attached hydrogens (tertiary/aromatic N) is 1. The number of methoxy groups -OCH3 is 1. The fraction of sp³-hybridized carbons (Fsp3) is 0.125. The van der Waals surface area contributed by atoms with E-state index in [1.54, 1.807) is 18.6 Å². The van der Waals surface area contributed by atoms with Crippen LogP contribution in [0.15, 0.2) is 42.5 Å². The third-order valence-electron chi connectivity index (χ3n) is 3.70. The predicted molar refractivity (Wildman–Crippen MR) is 86.4 cm³/mol. The largest absolute Gasteiger partial charge is 0.497 e. The van der Waals surface area contributed by atoms with Crippen molar-refractivity contribution in [2.45, 2.75) is 5.88 Å². The summed E-state index contributed by atoms with van der Waals surface area (Å²) in [6.07, 6.45) is 0. The van der Waals surface area contributed by atoms with Gasteiger partial charge in [-0.1, -0.05) is 29.7 Å². The molecule has 2 aromatic carbocycles. The maximum Gasteiger partial charge on any atom is 0.119 e. The third kappa shape index (κ3) is 1.51. The Bertz CT molecular complexity index is 938. The number of hydrogen-bond acceptors (Lipinski definition) is 2. The molecule has 4 heteroatoms. The standard InChI is InChI=1S/C16H12ClNOS/c1-19-10-6-7-14-12(8-10)13(9-17)16-11-4-2-3-5-15(11)20-18(14)16/h2-8H,9H2,1H3. The first-order valence-electron chi connectivity index (χ1n) is 6.38. The molecule has 0 amide bonds. The van der Waals surface area contributed by atoms with Gasteiger partial charge in [-0.25, -0.2) is 0 Å². The summed E-state index contributed by atoms with van der Waals surface area (Å²) in [4.78, 5) is 0. The zero-order chi connectivity index (χ0) is 13.7. The summed E-state index contributed by atoms with van der Waals surface area (Å²) in [5, 5.41) is 2.44. The van der Waals surface area contributed by atoms with Crippen LogP contribution in [0.3, 0.4) is 0 Å². The Hall–Kier alpha value is -1.71. The molecular weight excluding hydrogens is 290 g/mol. The molecular formula is C16H12ClNOS. The van der Waals surface area contributed by atoms with E-state index < -0.39 is 0 Å². The number of aromatic nitrogens is 1. The van der Waals surface area contributed by atoms with Crippen LogP contribution < -0.4 is 4.74 Å². The Labute approximate surface area is 125 Å². The number of fused-ring (bicyclic) bond motifs is 5. The van der Waals surface area contributed by atoms with E-state index in [9.17, 15) is 0 Å². The Balaban J connectivity index is 2.25. The van der Waals surface area contributed by atoms with E-state index in [1.165, 1.54) is 32.1 Å². The average Bonchev–Trinajstić information content (AvgIpc) is 3.00. The maximum absolute atomic E-state index is 6.23.